The second-order valence-electron chi connectivity index (χ2n) is 8.92. The summed E-state index contributed by atoms with van der Waals surface area (Å²) in [5.74, 6) is -2.89. The molecular formula is C24H27F2N5O5. The van der Waals surface area contributed by atoms with E-state index in [4.69, 9.17) is 9.47 Å². The van der Waals surface area contributed by atoms with Gasteiger partial charge in [-0.05, 0) is 46.8 Å². The van der Waals surface area contributed by atoms with Gasteiger partial charge in [-0.15, -0.1) is 0 Å². The van der Waals surface area contributed by atoms with E-state index in [9.17, 15) is 23.2 Å². The van der Waals surface area contributed by atoms with Gasteiger partial charge in [0.15, 0.2) is 17.3 Å². The Morgan fingerprint density at radius 3 is 2.58 bits per heavy atom. The molecule has 0 fully saturated rings. The summed E-state index contributed by atoms with van der Waals surface area (Å²) in [5, 5.41) is 5.70. The van der Waals surface area contributed by atoms with Gasteiger partial charge in [-0.1, -0.05) is 0 Å². The van der Waals surface area contributed by atoms with E-state index in [1.54, 1.807) is 34.6 Å². The molecule has 3 aromatic heterocycles. The largest absolute Gasteiger partial charge is 0.462 e. The maximum atomic E-state index is 14.6. The van der Waals surface area contributed by atoms with Crippen molar-refractivity contribution in [2.75, 3.05) is 18.5 Å². The fourth-order valence-corrected chi connectivity index (χ4v) is 3.22. The lowest BCUT2D eigenvalue weighted by Gasteiger charge is -2.22. The molecule has 12 heteroatoms. The molecular weight excluding hydrogens is 476 g/mol. The van der Waals surface area contributed by atoms with Gasteiger partial charge in [-0.3, -0.25) is 9.36 Å². The first-order valence-electron chi connectivity index (χ1n) is 11.2. The maximum Gasteiger partial charge on any atom is 0.407 e. The zero-order valence-corrected chi connectivity index (χ0v) is 20.5. The first kappa shape index (κ1) is 26.5. The number of ether oxygens (including phenoxy) is 2. The Balaban J connectivity index is 1.99. The number of halogens is 2. The van der Waals surface area contributed by atoms with Crippen molar-refractivity contribution in [3.8, 4) is 5.82 Å². The van der Waals surface area contributed by atoms with Crippen molar-refractivity contribution in [2.24, 2.45) is 0 Å². The van der Waals surface area contributed by atoms with Crippen LogP contribution in [0.3, 0.4) is 0 Å². The van der Waals surface area contributed by atoms with Crippen LogP contribution in [0.1, 0.15) is 45.0 Å². The molecule has 36 heavy (non-hydrogen) atoms. The number of carbonyl (C=O) groups excluding carboxylic acids is 2. The lowest BCUT2D eigenvalue weighted by atomic mass is 10.2. The van der Waals surface area contributed by atoms with Crippen LogP contribution in [0.4, 0.5) is 19.4 Å². The van der Waals surface area contributed by atoms with Crippen molar-refractivity contribution in [2.45, 2.75) is 46.3 Å². The normalized spacial score (nSPS) is 12.2. The van der Waals surface area contributed by atoms with E-state index in [1.807, 2.05) is 0 Å². The number of hydrogen-bond donors (Lipinski definition) is 2. The molecule has 10 nitrogen and oxygen atoms in total. The Morgan fingerprint density at radius 1 is 1.22 bits per heavy atom. The number of hydrogen-bond acceptors (Lipinski definition) is 8. The number of fused-ring (bicyclic) bond motifs is 1. The van der Waals surface area contributed by atoms with Crippen molar-refractivity contribution in [1.82, 2.24) is 19.9 Å². The van der Waals surface area contributed by atoms with E-state index in [1.165, 1.54) is 12.1 Å². The predicted molar refractivity (Wildman–Crippen MR) is 128 cm³/mol. The van der Waals surface area contributed by atoms with E-state index in [2.05, 4.69) is 20.6 Å². The van der Waals surface area contributed by atoms with Gasteiger partial charge >= 0.3 is 12.1 Å². The van der Waals surface area contributed by atoms with Crippen LogP contribution in [0.15, 0.2) is 35.4 Å². The Morgan fingerprint density at radius 2 is 1.94 bits per heavy atom. The monoisotopic (exact) mass is 503 g/mol. The summed E-state index contributed by atoms with van der Waals surface area (Å²) in [6.07, 6.45) is 1.29. The average Bonchev–Trinajstić information content (AvgIpc) is 2.77. The molecule has 3 aromatic rings. The minimum atomic E-state index is -1.02. The molecule has 192 valence electrons. The topological polar surface area (TPSA) is 124 Å². The number of nitrogens with one attached hydrogen (secondary N) is 2. The van der Waals surface area contributed by atoms with Crippen molar-refractivity contribution in [1.29, 1.82) is 0 Å². The van der Waals surface area contributed by atoms with Crippen LogP contribution in [0, 0.1) is 11.6 Å². The van der Waals surface area contributed by atoms with Crippen LogP contribution in [-0.2, 0) is 9.47 Å². The summed E-state index contributed by atoms with van der Waals surface area (Å²) < 4.78 is 39.4. The van der Waals surface area contributed by atoms with Crippen molar-refractivity contribution < 1.29 is 27.8 Å². The van der Waals surface area contributed by atoms with Crippen molar-refractivity contribution in [3.63, 3.8) is 0 Å². The number of aromatic nitrogens is 3. The Bertz CT molecular complexity index is 1350. The van der Waals surface area contributed by atoms with Gasteiger partial charge in [-0.25, -0.2) is 28.3 Å². The fourth-order valence-electron chi connectivity index (χ4n) is 3.22. The molecule has 0 spiro atoms. The van der Waals surface area contributed by atoms with Gasteiger partial charge in [0.05, 0.1) is 18.2 Å². The third-order valence-corrected chi connectivity index (χ3v) is 4.72. The minimum Gasteiger partial charge on any atom is -0.462 e. The van der Waals surface area contributed by atoms with E-state index in [0.717, 1.165) is 17.0 Å². The Hall–Kier alpha value is -4.09. The summed E-state index contributed by atoms with van der Waals surface area (Å²) in [4.78, 5) is 45.5. The Kier molecular flexibility index (Phi) is 7.86. The highest BCUT2D eigenvalue weighted by atomic mass is 19.1. The van der Waals surface area contributed by atoms with E-state index >= 15 is 0 Å². The van der Waals surface area contributed by atoms with Crippen LogP contribution < -0.4 is 16.1 Å². The second-order valence-corrected chi connectivity index (χ2v) is 8.92. The summed E-state index contributed by atoms with van der Waals surface area (Å²) in [7, 11) is 0. The summed E-state index contributed by atoms with van der Waals surface area (Å²) >= 11 is 0. The standard InChI is InChI=1S/C24H27F2N5O5/c1-6-35-22(33)16-12-31(21-17(26)9-14(25)11-28-21)20-15(19(16)32)7-8-18(30-20)27-10-13(2)29-23(34)36-24(3,4)5/h7-9,11-13H,6,10H2,1-5H3,(H,27,30)(H,29,34). The highest BCUT2D eigenvalue weighted by molar-refractivity contribution is 5.93. The molecule has 0 aliphatic carbocycles. The van der Waals surface area contributed by atoms with Crippen LogP contribution in [0.5, 0.6) is 0 Å². The number of alkyl carbamates (subject to hydrolysis) is 1. The molecule has 0 saturated heterocycles. The maximum absolute atomic E-state index is 14.6. The third kappa shape index (κ3) is 6.32. The number of rotatable bonds is 7. The fraction of sp³-hybridized carbons (Fsp3) is 0.375. The van der Waals surface area contributed by atoms with Gasteiger partial charge in [0.25, 0.3) is 0 Å². The summed E-state index contributed by atoms with van der Waals surface area (Å²) in [6.45, 7) is 8.84. The average molecular weight is 504 g/mol. The highest BCUT2D eigenvalue weighted by Crippen LogP contribution is 2.20. The van der Waals surface area contributed by atoms with E-state index in [-0.39, 0.29) is 41.6 Å². The lowest BCUT2D eigenvalue weighted by molar-refractivity contribution is 0.0505. The molecule has 1 unspecified atom stereocenters. The molecule has 1 atom stereocenters. The molecule has 0 saturated carbocycles. The number of nitrogens with zero attached hydrogens (tertiary/aromatic N) is 3. The molecule has 0 bridgehead atoms. The van der Waals surface area contributed by atoms with Crippen molar-refractivity contribution in [3.05, 3.63) is 58.0 Å². The highest BCUT2D eigenvalue weighted by Gasteiger charge is 2.21. The van der Waals surface area contributed by atoms with Crippen LogP contribution in [0.2, 0.25) is 0 Å². The lowest BCUT2D eigenvalue weighted by Crippen LogP contribution is -2.40. The van der Waals surface area contributed by atoms with Crippen molar-refractivity contribution >= 4 is 28.9 Å². The number of pyridine rings is 3. The van der Waals surface area contributed by atoms with Gasteiger partial charge in [-0.2, -0.15) is 0 Å². The first-order chi connectivity index (χ1) is 16.9. The molecule has 2 N–H and O–H groups in total. The quantitative estimate of drug-likeness (QED) is 0.469. The second kappa shape index (κ2) is 10.7. The van der Waals surface area contributed by atoms with Gasteiger partial charge in [0, 0.05) is 24.8 Å². The number of esters is 1. The summed E-state index contributed by atoms with van der Waals surface area (Å²) in [5.41, 5.74) is -1.69. The molecule has 3 heterocycles. The van der Waals surface area contributed by atoms with Gasteiger partial charge in [0.2, 0.25) is 5.43 Å². The molecule has 1 amide bonds. The molecule has 3 rings (SSSR count). The zero-order valence-electron chi connectivity index (χ0n) is 20.5. The number of carbonyl (C=O) groups is 2. The van der Waals surface area contributed by atoms with Crippen LogP contribution in [0.25, 0.3) is 16.9 Å². The molecule has 0 radical (unpaired) electrons. The number of amides is 1. The molecule has 0 aromatic carbocycles. The van der Waals surface area contributed by atoms with E-state index in [0.29, 0.717) is 11.9 Å². The zero-order chi connectivity index (χ0) is 26.6. The SMILES string of the molecule is CCOC(=O)c1cn(-c2ncc(F)cc2F)c2nc(NCC(C)NC(=O)OC(C)(C)C)ccc2c1=O. The van der Waals surface area contributed by atoms with Gasteiger partial charge < -0.3 is 20.1 Å². The Labute approximate surface area is 205 Å². The van der Waals surface area contributed by atoms with Gasteiger partial charge in [0.1, 0.15) is 22.8 Å². The molecule has 0 aliphatic heterocycles. The van der Waals surface area contributed by atoms with Crippen LogP contribution >= 0.6 is 0 Å². The minimum absolute atomic E-state index is 0.00319. The van der Waals surface area contributed by atoms with E-state index < -0.39 is 34.7 Å². The first-order valence-corrected chi connectivity index (χ1v) is 11.2. The number of anilines is 1. The third-order valence-electron chi connectivity index (χ3n) is 4.72. The molecule has 0 aliphatic rings. The van der Waals surface area contributed by atoms with Crippen LogP contribution in [-0.4, -0.2) is 51.4 Å². The predicted octanol–water partition coefficient (Wildman–Crippen LogP) is 3.56. The smallest absolute Gasteiger partial charge is 0.407 e. The summed E-state index contributed by atoms with van der Waals surface area (Å²) in [6, 6.07) is 3.18.